The van der Waals surface area contributed by atoms with Crippen molar-refractivity contribution in [3.05, 3.63) is 95.6 Å². The van der Waals surface area contributed by atoms with Crippen molar-refractivity contribution in [3.63, 3.8) is 0 Å². The van der Waals surface area contributed by atoms with Gasteiger partial charge in [0.25, 0.3) is 0 Å². The summed E-state index contributed by atoms with van der Waals surface area (Å²) >= 11 is 0. The van der Waals surface area contributed by atoms with Crippen LogP contribution in [-0.4, -0.2) is 61.2 Å². The zero-order chi connectivity index (χ0) is 38.3. The molecular formula is C35H40F2N14O2. The van der Waals surface area contributed by atoms with E-state index in [-0.39, 0.29) is 36.3 Å². The second kappa shape index (κ2) is 16.3. The van der Waals surface area contributed by atoms with Crippen LogP contribution in [0.15, 0.2) is 61.7 Å². The molecule has 18 heteroatoms. The van der Waals surface area contributed by atoms with Crippen molar-refractivity contribution in [3.8, 4) is 22.8 Å². The van der Waals surface area contributed by atoms with Crippen molar-refractivity contribution >= 4 is 29.4 Å². The summed E-state index contributed by atoms with van der Waals surface area (Å²) in [6.45, 7) is 9.46. The molecule has 0 aliphatic rings. The molecule has 4 aromatic heterocycles. The third kappa shape index (κ3) is 10.3. The van der Waals surface area contributed by atoms with Crippen molar-refractivity contribution in [2.45, 2.75) is 53.3 Å². The third-order valence-corrected chi connectivity index (χ3v) is 7.44. The smallest absolute Gasteiger partial charge is 0.407 e. The molecule has 1 amide bonds. The molecule has 6 rings (SSSR count). The predicted molar refractivity (Wildman–Crippen MR) is 194 cm³/mol. The number of carbonyl (C=O) groups is 1. The summed E-state index contributed by atoms with van der Waals surface area (Å²) in [5, 5.41) is 16.8. The normalized spacial score (nSPS) is 11.1. The average molecular weight is 727 g/mol. The molecule has 0 bridgehead atoms. The molecule has 5 N–H and O–H groups in total. The summed E-state index contributed by atoms with van der Waals surface area (Å²) in [4.78, 5) is 36.7. The molecule has 2 aromatic carbocycles. The lowest BCUT2D eigenvalue weighted by Crippen LogP contribution is -2.32. The number of alkyl carbamates (subject to hydrolysis) is 1. The van der Waals surface area contributed by atoms with E-state index in [9.17, 15) is 13.6 Å². The molecule has 0 aliphatic heterocycles. The van der Waals surface area contributed by atoms with Crippen molar-refractivity contribution in [2.24, 2.45) is 19.8 Å². The molecule has 0 fully saturated rings. The van der Waals surface area contributed by atoms with E-state index in [2.05, 4.69) is 56.1 Å². The first-order chi connectivity index (χ1) is 25.2. The van der Waals surface area contributed by atoms with Gasteiger partial charge in [0, 0.05) is 39.6 Å². The number of carbonyl (C=O) groups excluding carboxylic acids is 1. The van der Waals surface area contributed by atoms with Crippen molar-refractivity contribution in [1.82, 2.24) is 54.8 Å². The van der Waals surface area contributed by atoms with Crippen LogP contribution in [0.25, 0.3) is 22.8 Å². The number of benzene rings is 2. The minimum Gasteiger partial charge on any atom is -0.444 e. The van der Waals surface area contributed by atoms with Gasteiger partial charge in [-0.15, -0.1) is 0 Å². The molecule has 53 heavy (non-hydrogen) atoms. The third-order valence-electron chi connectivity index (χ3n) is 7.44. The van der Waals surface area contributed by atoms with E-state index in [0.29, 0.717) is 22.8 Å². The van der Waals surface area contributed by atoms with E-state index in [1.54, 1.807) is 81.2 Å². The Morgan fingerprint density at radius 1 is 0.774 bits per heavy atom. The van der Waals surface area contributed by atoms with Crippen molar-refractivity contribution in [1.29, 1.82) is 0 Å². The van der Waals surface area contributed by atoms with Gasteiger partial charge in [0.2, 0.25) is 11.9 Å². The zero-order valence-corrected chi connectivity index (χ0v) is 30.3. The largest absolute Gasteiger partial charge is 0.444 e. The molecule has 0 saturated heterocycles. The number of amides is 1. The molecule has 0 spiro atoms. The van der Waals surface area contributed by atoms with Gasteiger partial charge in [-0.3, -0.25) is 9.36 Å². The number of halogens is 2. The number of aromatic nitrogens is 10. The number of nitrogens with one attached hydrogen (secondary N) is 3. The quantitative estimate of drug-likeness (QED) is 0.148. The van der Waals surface area contributed by atoms with Gasteiger partial charge in [0.15, 0.2) is 11.6 Å². The van der Waals surface area contributed by atoms with Crippen LogP contribution in [-0.2, 0) is 31.9 Å². The van der Waals surface area contributed by atoms with Crippen LogP contribution in [0.1, 0.15) is 43.0 Å². The minimum atomic E-state index is -0.603. The summed E-state index contributed by atoms with van der Waals surface area (Å²) in [7, 11) is 3.60. The number of rotatable bonds is 9. The highest BCUT2D eigenvalue weighted by Gasteiger charge is 2.18. The Balaban J connectivity index is 0.000000211. The van der Waals surface area contributed by atoms with E-state index in [1.807, 2.05) is 13.8 Å². The first-order valence-corrected chi connectivity index (χ1v) is 16.3. The minimum absolute atomic E-state index is 0.142. The lowest BCUT2D eigenvalue weighted by atomic mass is 10.0. The van der Waals surface area contributed by atoms with Crippen molar-refractivity contribution < 1.29 is 18.3 Å². The summed E-state index contributed by atoms with van der Waals surface area (Å²) in [5.74, 6) is 0.151. The lowest BCUT2D eigenvalue weighted by Gasteiger charge is -2.20. The number of hydrogen-bond donors (Lipinski definition) is 4. The molecule has 276 valence electrons. The Bertz CT molecular complexity index is 2210. The number of ether oxygens (including phenoxy) is 1. The van der Waals surface area contributed by atoms with E-state index in [4.69, 9.17) is 10.5 Å². The Hall–Kier alpha value is -6.43. The lowest BCUT2D eigenvalue weighted by molar-refractivity contribution is 0.0523. The Kier molecular flexibility index (Phi) is 11.6. The maximum absolute atomic E-state index is 14.8. The second-order valence-corrected chi connectivity index (χ2v) is 12.9. The highest BCUT2D eigenvalue weighted by molar-refractivity contribution is 5.68. The molecule has 0 radical (unpaired) electrons. The van der Waals surface area contributed by atoms with E-state index in [0.717, 1.165) is 22.4 Å². The van der Waals surface area contributed by atoms with Gasteiger partial charge in [-0.1, -0.05) is 0 Å². The van der Waals surface area contributed by atoms with E-state index < -0.39 is 23.3 Å². The van der Waals surface area contributed by atoms with Crippen LogP contribution >= 0.6 is 0 Å². The number of nitrogens with two attached hydrogens (primary N) is 1. The number of hydrogen-bond acceptors (Lipinski definition) is 13. The summed E-state index contributed by atoms with van der Waals surface area (Å²) in [5.41, 5.74) is 10.1. The Labute approximate surface area is 304 Å². The molecule has 0 unspecified atom stereocenters. The molecule has 0 aliphatic carbocycles. The molecular weight excluding hydrogens is 686 g/mol. The molecule has 0 saturated carbocycles. The van der Waals surface area contributed by atoms with Crippen LogP contribution in [0.5, 0.6) is 0 Å². The van der Waals surface area contributed by atoms with E-state index in [1.165, 1.54) is 24.8 Å². The fourth-order valence-electron chi connectivity index (χ4n) is 4.88. The summed E-state index contributed by atoms with van der Waals surface area (Å²) < 4.78 is 37.6. The molecule has 4 heterocycles. The van der Waals surface area contributed by atoms with Gasteiger partial charge in [0.1, 0.15) is 29.9 Å². The van der Waals surface area contributed by atoms with E-state index >= 15 is 0 Å². The topological polar surface area (TPSA) is 201 Å². The fraction of sp³-hybridized carbons (Fsp3) is 0.286. The van der Waals surface area contributed by atoms with Crippen LogP contribution < -0.4 is 21.7 Å². The fourth-order valence-corrected chi connectivity index (χ4v) is 4.88. The summed E-state index contributed by atoms with van der Waals surface area (Å²) in [6.07, 6.45) is 8.91. The van der Waals surface area contributed by atoms with Crippen LogP contribution in [0.4, 0.5) is 36.8 Å². The second-order valence-electron chi connectivity index (χ2n) is 12.9. The zero-order valence-electron chi connectivity index (χ0n) is 30.3. The predicted octanol–water partition coefficient (Wildman–Crippen LogP) is 5.41. The van der Waals surface area contributed by atoms with Gasteiger partial charge in [0.05, 0.1) is 34.9 Å². The van der Waals surface area contributed by atoms with Gasteiger partial charge < -0.3 is 26.4 Å². The van der Waals surface area contributed by atoms with Crippen LogP contribution in [0.3, 0.4) is 0 Å². The first kappa shape index (κ1) is 37.8. The maximum Gasteiger partial charge on any atom is 0.407 e. The molecule has 16 nitrogen and oxygen atoms in total. The Morgan fingerprint density at radius 3 is 1.68 bits per heavy atom. The summed E-state index contributed by atoms with van der Waals surface area (Å²) in [6, 6.07) is 6.12. The maximum atomic E-state index is 14.8. The number of aryl methyl sites for hydroxylation is 4. The monoisotopic (exact) mass is 726 g/mol. The standard InChI is InChI=1S/C20H24FN7O2.C15H16FN7/c1-12-6-15(16(21)7-13(12)8-22-19(29)30-20(2,3)4)17-23-11-24-18(27-17)26-14-9-25-28(5)10-14;1-9-3-12(13(16)4-10(9)5-17)14-18-8-19-15(22-14)21-11-6-20-23(2)7-11/h6-7,9-11H,8H2,1-5H3,(H,22,29)(H,23,24,26,27);3-4,6-8H,5,17H2,1-2H3,(H,18,19,21,22). The SMILES string of the molecule is Cc1cc(-c2ncnc(Nc3cnn(C)c3)n2)c(F)cc1CN.Cc1cc(-c2ncnc(Nc3cnn(C)c3)n2)c(F)cc1CNC(=O)OC(C)(C)C. The first-order valence-electron chi connectivity index (χ1n) is 16.3. The molecule has 0 atom stereocenters. The molecule has 6 aromatic rings. The Morgan fingerprint density at radius 2 is 1.25 bits per heavy atom. The van der Waals surface area contributed by atoms with Crippen molar-refractivity contribution in [2.75, 3.05) is 10.6 Å². The van der Waals surface area contributed by atoms with Gasteiger partial charge >= 0.3 is 6.09 Å². The number of nitrogens with zero attached hydrogens (tertiary/aromatic N) is 10. The highest BCUT2D eigenvalue weighted by atomic mass is 19.1. The number of anilines is 4. The average Bonchev–Trinajstić information content (AvgIpc) is 3.71. The van der Waals surface area contributed by atoms with Gasteiger partial charge in [-0.2, -0.15) is 20.2 Å². The van der Waals surface area contributed by atoms with Crippen LogP contribution in [0.2, 0.25) is 0 Å². The van der Waals surface area contributed by atoms with Crippen LogP contribution in [0, 0.1) is 25.5 Å². The highest BCUT2D eigenvalue weighted by Crippen LogP contribution is 2.26. The van der Waals surface area contributed by atoms with Gasteiger partial charge in [-0.05, 0) is 81.1 Å². The van der Waals surface area contributed by atoms with Gasteiger partial charge in [-0.25, -0.2) is 33.5 Å².